The Bertz CT molecular complexity index is 681. The fourth-order valence-electron chi connectivity index (χ4n) is 1.65. The summed E-state index contributed by atoms with van der Waals surface area (Å²) in [4.78, 5) is 24.0. The number of carbonyl (C=O) groups excluding carboxylic acids is 2. The molecule has 1 heterocycles. The fourth-order valence-corrected chi connectivity index (χ4v) is 2.26. The lowest BCUT2D eigenvalue weighted by Crippen LogP contribution is -2.29. The third-order valence-corrected chi connectivity index (χ3v) is 3.71. The van der Waals surface area contributed by atoms with Gasteiger partial charge in [-0.25, -0.2) is 4.79 Å². The van der Waals surface area contributed by atoms with Crippen LogP contribution in [0.5, 0.6) is 0 Å². The van der Waals surface area contributed by atoms with E-state index in [1.165, 1.54) is 18.3 Å². The van der Waals surface area contributed by atoms with Crippen LogP contribution in [0.3, 0.4) is 0 Å². The number of benzene rings is 1. The summed E-state index contributed by atoms with van der Waals surface area (Å²) in [6.07, 6.45) is -5.52. The lowest BCUT2D eigenvalue weighted by atomic mass is 10.2. The van der Waals surface area contributed by atoms with Gasteiger partial charge < -0.3 is 10.1 Å². The number of hydrogen-bond donors (Lipinski definition) is 1. The maximum Gasteiger partial charge on any atom is 0.416 e. The number of anilines is 1. The Kier molecular flexibility index (Phi) is 5.05. The smallest absolute Gasteiger partial charge is 0.416 e. The first kappa shape index (κ1) is 17.0. The van der Waals surface area contributed by atoms with Gasteiger partial charge in [-0.3, -0.25) is 4.79 Å². The van der Waals surface area contributed by atoms with Crippen molar-refractivity contribution < 1.29 is 27.5 Å². The largest absolute Gasteiger partial charge is 0.448 e. The van der Waals surface area contributed by atoms with Crippen LogP contribution in [0.4, 0.5) is 18.9 Å². The summed E-state index contributed by atoms with van der Waals surface area (Å²) in [6, 6.07) is 7.22. The number of amides is 1. The van der Waals surface area contributed by atoms with Crippen molar-refractivity contribution in [1.29, 1.82) is 0 Å². The molecule has 0 aliphatic rings. The van der Waals surface area contributed by atoms with Crippen LogP contribution in [0.15, 0.2) is 41.8 Å². The van der Waals surface area contributed by atoms with Gasteiger partial charge in [0.2, 0.25) is 0 Å². The SMILES string of the molecule is CC(OC(=O)c1cccs1)C(=O)Nc1ccc(C(F)(F)F)cc1. The van der Waals surface area contributed by atoms with Gasteiger partial charge in [0.15, 0.2) is 6.10 Å². The van der Waals surface area contributed by atoms with Crippen LogP contribution in [0.2, 0.25) is 0 Å². The second-order valence-corrected chi connectivity index (χ2v) is 5.54. The molecule has 0 saturated heterocycles. The van der Waals surface area contributed by atoms with Crippen LogP contribution in [0.25, 0.3) is 0 Å². The van der Waals surface area contributed by atoms with E-state index in [0.29, 0.717) is 4.88 Å². The number of esters is 1. The summed E-state index contributed by atoms with van der Waals surface area (Å²) < 4.78 is 42.3. The van der Waals surface area contributed by atoms with Gasteiger partial charge in [-0.1, -0.05) is 6.07 Å². The number of hydrogen-bond acceptors (Lipinski definition) is 4. The highest BCUT2D eigenvalue weighted by molar-refractivity contribution is 7.11. The average Bonchev–Trinajstić information content (AvgIpc) is 3.01. The van der Waals surface area contributed by atoms with Gasteiger partial charge in [0.05, 0.1) is 5.56 Å². The molecular formula is C15H12F3NO3S. The van der Waals surface area contributed by atoms with Gasteiger partial charge in [-0.05, 0) is 42.6 Å². The maximum absolute atomic E-state index is 12.4. The maximum atomic E-state index is 12.4. The number of halogens is 3. The summed E-state index contributed by atoms with van der Waals surface area (Å²) in [5.41, 5.74) is -0.630. The van der Waals surface area contributed by atoms with Crippen molar-refractivity contribution in [2.45, 2.75) is 19.2 Å². The molecule has 1 N–H and O–H groups in total. The Labute approximate surface area is 133 Å². The Morgan fingerprint density at radius 3 is 2.35 bits per heavy atom. The van der Waals surface area contributed by atoms with Gasteiger partial charge >= 0.3 is 12.1 Å². The molecule has 8 heteroatoms. The monoisotopic (exact) mass is 343 g/mol. The minimum atomic E-state index is -4.44. The van der Waals surface area contributed by atoms with Gasteiger partial charge in [-0.15, -0.1) is 11.3 Å². The topological polar surface area (TPSA) is 55.4 Å². The van der Waals surface area contributed by atoms with Crippen LogP contribution >= 0.6 is 11.3 Å². The van der Waals surface area contributed by atoms with E-state index in [-0.39, 0.29) is 5.69 Å². The van der Waals surface area contributed by atoms with Crippen molar-refractivity contribution in [3.05, 3.63) is 52.2 Å². The number of nitrogens with one attached hydrogen (secondary N) is 1. The average molecular weight is 343 g/mol. The van der Waals surface area contributed by atoms with Gasteiger partial charge in [-0.2, -0.15) is 13.2 Å². The van der Waals surface area contributed by atoms with Crippen molar-refractivity contribution in [2.24, 2.45) is 0 Å². The highest BCUT2D eigenvalue weighted by Crippen LogP contribution is 2.29. The molecule has 122 valence electrons. The second kappa shape index (κ2) is 6.82. The van der Waals surface area contributed by atoms with E-state index in [9.17, 15) is 22.8 Å². The molecule has 4 nitrogen and oxygen atoms in total. The van der Waals surface area contributed by atoms with Gasteiger partial charge in [0.1, 0.15) is 4.88 Å². The molecule has 1 aromatic heterocycles. The van der Waals surface area contributed by atoms with Crippen molar-refractivity contribution in [3.63, 3.8) is 0 Å². The third-order valence-electron chi connectivity index (χ3n) is 2.86. The van der Waals surface area contributed by atoms with E-state index in [2.05, 4.69) is 5.32 Å². The van der Waals surface area contributed by atoms with Crippen molar-refractivity contribution in [1.82, 2.24) is 0 Å². The zero-order chi connectivity index (χ0) is 17.0. The van der Waals surface area contributed by atoms with Gasteiger partial charge in [0.25, 0.3) is 5.91 Å². The van der Waals surface area contributed by atoms with Gasteiger partial charge in [0, 0.05) is 5.69 Å². The standard InChI is InChI=1S/C15H12F3NO3S/c1-9(22-14(21)12-3-2-8-23-12)13(20)19-11-6-4-10(5-7-11)15(16,17)18/h2-9H,1H3,(H,19,20). The van der Waals surface area contributed by atoms with Crippen LogP contribution in [0.1, 0.15) is 22.2 Å². The lowest BCUT2D eigenvalue weighted by molar-refractivity contribution is -0.137. The third kappa shape index (κ3) is 4.56. The molecule has 1 unspecified atom stereocenters. The molecule has 0 aliphatic carbocycles. The molecule has 1 aromatic carbocycles. The highest BCUT2D eigenvalue weighted by atomic mass is 32.1. The molecule has 0 radical (unpaired) electrons. The molecule has 0 saturated carbocycles. The van der Waals surface area contributed by atoms with E-state index in [0.717, 1.165) is 24.3 Å². The summed E-state index contributed by atoms with van der Waals surface area (Å²) in [6.45, 7) is 1.38. The molecule has 1 atom stereocenters. The molecule has 0 fully saturated rings. The van der Waals surface area contributed by atoms with Crippen molar-refractivity contribution >= 4 is 28.9 Å². The van der Waals surface area contributed by atoms with Crippen molar-refractivity contribution in [2.75, 3.05) is 5.32 Å². The summed E-state index contributed by atoms with van der Waals surface area (Å²) in [7, 11) is 0. The van der Waals surface area contributed by atoms with E-state index in [1.54, 1.807) is 17.5 Å². The van der Waals surface area contributed by atoms with E-state index < -0.39 is 29.7 Å². The first-order valence-corrected chi connectivity index (χ1v) is 7.38. The molecule has 2 aromatic rings. The van der Waals surface area contributed by atoms with E-state index in [4.69, 9.17) is 4.74 Å². The number of thiophene rings is 1. The van der Waals surface area contributed by atoms with Crippen molar-refractivity contribution in [3.8, 4) is 0 Å². The predicted octanol–water partition coefficient (Wildman–Crippen LogP) is 3.95. The van der Waals surface area contributed by atoms with Crippen LogP contribution in [-0.2, 0) is 15.7 Å². The van der Waals surface area contributed by atoms with Crippen LogP contribution < -0.4 is 5.32 Å². The van der Waals surface area contributed by atoms with Crippen LogP contribution in [0, 0.1) is 0 Å². The minimum Gasteiger partial charge on any atom is -0.448 e. The molecular weight excluding hydrogens is 331 g/mol. The first-order chi connectivity index (χ1) is 10.8. The zero-order valence-electron chi connectivity index (χ0n) is 11.9. The number of ether oxygens (including phenoxy) is 1. The molecule has 23 heavy (non-hydrogen) atoms. The lowest BCUT2D eigenvalue weighted by Gasteiger charge is -2.13. The summed E-state index contributed by atoms with van der Waals surface area (Å²) in [5, 5.41) is 4.09. The Balaban J connectivity index is 1.94. The normalized spacial score (nSPS) is 12.5. The number of carbonyl (C=O) groups is 2. The molecule has 0 bridgehead atoms. The Morgan fingerprint density at radius 1 is 1.17 bits per heavy atom. The second-order valence-electron chi connectivity index (χ2n) is 4.59. The molecule has 2 rings (SSSR count). The van der Waals surface area contributed by atoms with Crippen LogP contribution in [-0.4, -0.2) is 18.0 Å². The van der Waals surface area contributed by atoms with E-state index >= 15 is 0 Å². The molecule has 0 aliphatic heterocycles. The summed E-state index contributed by atoms with van der Waals surface area (Å²) >= 11 is 1.18. The summed E-state index contributed by atoms with van der Waals surface area (Å²) in [5.74, 6) is -1.26. The predicted molar refractivity (Wildman–Crippen MR) is 79.3 cm³/mol. The number of rotatable bonds is 4. The fraction of sp³-hybridized carbons (Fsp3) is 0.200. The van der Waals surface area contributed by atoms with E-state index in [1.807, 2.05) is 0 Å². The highest BCUT2D eigenvalue weighted by Gasteiger charge is 2.30. The zero-order valence-corrected chi connectivity index (χ0v) is 12.7. The quantitative estimate of drug-likeness (QED) is 0.855. The number of alkyl halides is 3. The molecule has 1 amide bonds. The Morgan fingerprint density at radius 2 is 1.83 bits per heavy atom. The minimum absolute atomic E-state index is 0.182. The Hall–Kier alpha value is -2.35. The first-order valence-electron chi connectivity index (χ1n) is 6.50. The molecule has 0 spiro atoms.